The Balaban J connectivity index is 2.07. The number of carboxylic acid groups (broad SMARTS) is 1. The quantitative estimate of drug-likeness (QED) is 0.671. The maximum atomic E-state index is 12.1. The van der Waals surface area contributed by atoms with Crippen LogP contribution in [0, 0.1) is 11.3 Å². The summed E-state index contributed by atoms with van der Waals surface area (Å²) < 4.78 is 0. The number of hydrogen-bond acceptors (Lipinski definition) is 4. The Morgan fingerprint density at radius 1 is 1.18 bits per heavy atom. The number of nitrogens with one attached hydrogen (secondary N) is 1. The van der Waals surface area contributed by atoms with Crippen molar-refractivity contribution in [2.75, 3.05) is 0 Å². The third-order valence-electron chi connectivity index (χ3n) is 3.76. The number of aromatic carboxylic acids is 1. The van der Waals surface area contributed by atoms with Gasteiger partial charge in [-0.15, -0.1) is 0 Å². The maximum Gasteiger partial charge on any atom is 0.262 e. The largest absolute Gasteiger partial charge is 0.545 e. The molecular weight excluding hydrogens is 280 g/mol. The highest BCUT2D eigenvalue weighted by molar-refractivity contribution is 6.01. The molecule has 1 saturated carbocycles. The molecule has 0 saturated heterocycles. The minimum Gasteiger partial charge on any atom is -0.545 e. The smallest absolute Gasteiger partial charge is 0.262 e. The highest BCUT2D eigenvalue weighted by Crippen LogP contribution is 2.18. The van der Waals surface area contributed by atoms with E-state index in [0.29, 0.717) is 5.56 Å². The fourth-order valence-electron chi connectivity index (χ4n) is 2.54. The summed E-state index contributed by atoms with van der Waals surface area (Å²) in [5, 5.41) is 22.7. The molecular formula is C17H17N2O3-. The van der Waals surface area contributed by atoms with Gasteiger partial charge in [-0.05, 0) is 30.0 Å². The predicted molar refractivity (Wildman–Crippen MR) is 79.4 cm³/mol. The van der Waals surface area contributed by atoms with Crippen LogP contribution in [-0.4, -0.2) is 17.9 Å². The fraction of sp³-hybridized carbons (Fsp3) is 0.353. The molecule has 1 amide bonds. The first-order valence-electron chi connectivity index (χ1n) is 7.34. The zero-order valence-electron chi connectivity index (χ0n) is 12.2. The molecule has 1 aliphatic carbocycles. The Hall–Kier alpha value is -2.61. The molecule has 1 aromatic carbocycles. The topological polar surface area (TPSA) is 93.0 Å². The average molecular weight is 297 g/mol. The Bertz CT molecular complexity index is 620. The van der Waals surface area contributed by atoms with Crippen LogP contribution in [-0.2, 0) is 4.79 Å². The number of carbonyl (C=O) groups is 2. The van der Waals surface area contributed by atoms with Crippen LogP contribution in [0.5, 0.6) is 0 Å². The number of carbonyl (C=O) groups excluding carboxylic acids is 2. The molecule has 0 heterocycles. The minimum atomic E-state index is -1.26. The maximum absolute atomic E-state index is 12.1. The minimum absolute atomic E-state index is 0.0202. The Labute approximate surface area is 129 Å². The summed E-state index contributed by atoms with van der Waals surface area (Å²) in [7, 11) is 0. The van der Waals surface area contributed by atoms with Gasteiger partial charge in [0.2, 0.25) is 0 Å². The van der Waals surface area contributed by atoms with Gasteiger partial charge >= 0.3 is 0 Å². The van der Waals surface area contributed by atoms with Crippen LogP contribution in [0.4, 0.5) is 0 Å². The summed E-state index contributed by atoms with van der Waals surface area (Å²) in [5.41, 5.74) is 0.675. The Kier molecular flexibility index (Phi) is 5.31. The third-order valence-corrected chi connectivity index (χ3v) is 3.76. The number of carboxylic acids is 1. The van der Waals surface area contributed by atoms with Crippen LogP contribution in [0.15, 0.2) is 29.8 Å². The first-order chi connectivity index (χ1) is 10.6. The molecule has 0 aromatic heterocycles. The molecule has 2 rings (SSSR count). The van der Waals surface area contributed by atoms with Crippen LogP contribution in [0.1, 0.15) is 48.0 Å². The molecule has 0 unspecified atom stereocenters. The van der Waals surface area contributed by atoms with Crippen LogP contribution in [0.3, 0.4) is 0 Å². The van der Waals surface area contributed by atoms with Crippen molar-refractivity contribution in [3.05, 3.63) is 41.0 Å². The lowest BCUT2D eigenvalue weighted by molar-refractivity contribution is -0.255. The molecule has 0 radical (unpaired) electrons. The van der Waals surface area contributed by atoms with E-state index >= 15 is 0 Å². The molecule has 114 valence electrons. The highest BCUT2D eigenvalue weighted by atomic mass is 16.4. The van der Waals surface area contributed by atoms with Crippen molar-refractivity contribution in [3.63, 3.8) is 0 Å². The van der Waals surface area contributed by atoms with Crippen LogP contribution < -0.4 is 10.4 Å². The molecule has 22 heavy (non-hydrogen) atoms. The van der Waals surface area contributed by atoms with Crippen molar-refractivity contribution in [1.29, 1.82) is 5.26 Å². The number of nitriles is 1. The second-order valence-electron chi connectivity index (χ2n) is 5.39. The van der Waals surface area contributed by atoms with Gasteiger partial charge in [-0.3, -0.25) is 4.79 Å². The van der Waals surface area contributed by atoms with Crippen molar-refractivity contribution in [3.8, 4) is 6.07 Å². The second-order valence-corrected chi connectivity index (χ2v) is 5.39. The van der Waals surface area contributed by atoms with E-state index in [1.807, 2.05) is 6.07 Å². The van der Waals surface area contributed by atoms with Gasteiger partial charge in [-0.1, -0.05) is 43.5 Å². The summed E-state index contributed by atoms with van der Waals surface area (Å²) in [6, 6.07) is 7.88. The number of hydrogen-bond donors (Lipinski definition) is 1. The molecule has 1 fully saturated rings. The van der Waals surface area contributed by atoms with E-state index < -0.39 is 5.97 Å². The van der Waals surface area contributed by atoms with Gasteiger partial charge < -0.3 is 15.2 Å². The molecule has 5 heteroatoms. The Morgan fingerprint density at radius 3 is 2.36 bits per heavy atom. The normalized spacial score (nSPS) is 15.9. The van der Waals surface area contributed by atoms with Gasteiger partial charge in [0, 0.05) is 6.04 Å². The van der Waals surface area contributed by atoms with Gasteiger partial charge in [0.1, 0.15) is 11.6 Å². The van der Waals surface area contributed by atoms with Gasteiger partial charge in [0.15, 0.2) is 0 Å². The van der Waals surface area contributed by atoms with E-state index in [4.69, 9.17) is 5.26 Å². The first-order valence-corrected chi connectivity index (χ1v) is 7.34. The molecule has 0 bridgehead atoms. The summed E-state index contributed by atoms with van der Waals surface area (Å²) >= 11 is 0. The predicted octanol–water partition coefficient (Wildman–Crippen LogP) is 1.41. The third kappa shape index (κ3) is 4.19. The number of benzene rings is 1. The van der Waals surface area contributed by atoms with E-state index in [1.165, 1.54) is 36.8 Å². The lowest BCUT2D eigenvalue weighted by Crippen LogP contribution is -2.36. The van der Waals surface area contributed by atoms with Crippen molar-refractivity contribution < 1.29 is 14.7 Å². The van der Waals surface area contributed by atoms with Crippen molar-refractivity contribution in [2.45, 2.75) is 38.1 Å². The number of amides is 1. The van der Waals surface area contributed by atoms with E-state index in [2.05, 4.69) is 5.32 Å². The standard InChI is InChI=1S/C17H18N2O3/c18-11-14(16(20)19-15-4-2-1-3-5-15)10-12-6-8-13(9-7-12)17(21)22/h6-10,15H,1-5H2,(H,19,20)(H,21,22)/p-1/b14-10+. The molecule has 5 nitrogen and oxygen atoms in total. The molecule has 0 aliphatic heterocycles. The number of rotatable bonds is 4. The van der Waals surface area contributed by atoms with Crippen LogP contribution in [0.25, 0.3) is 6.08 Å². The molecule has 0 spiro atoms. The average Bonchev–Trinajstić information content (AvgIpc) is 2.53. The van der Waals surface area contributed by atoms with E-state index in [1.54, 1.807) is 0 Å². The van der Waals surface area contributed by atoms with E-state index in [-0.39, 0.29) is 23.1 Å². The zero-order valence-corrected chi connectivity index (χ0v) is 12.2. The summed E-state index contributed by atoms with van der Waals surface area (Å²) in [6.45, 7) is 0. The molecule has 1 N–H and O–H groups in total. The van der Waals surface area contributed by atoms with E-state index in [0.717, 1.165) is 25.7 Å². The highest BCUT2D eigenvalue weighted by Gasteiger charge is 2.17. The van der Waals surface area contributed by atoms with Crippen molar-refractivity contribution >= 4 is 18.0 Å². The van der Waals surface area contributed by atoms with Gasteiger partial charge in [0.25, 0.3) is 5.91 Å². The lowest BCUT2D eigenvalue weighted by atomic mass is 9.95. The summed E-state index contributed by atoms with van der Waals surface area (Å²) in [5.74, 6) is -1.63. The fourth-order valence-corrected chi connectivity index (χ4v) is 2.54. The SMILES string of the molecule is N#C/C(=C\c1ccc(C(=O)[O-])cc1)C(=O)NC1CCCCC1. The lowest BCUT2D eigenvalue weighted by Gasteiger charge is -2.22. The van der Waals surface area contributed by atoms with Crippen LogP contribution >= 0.6 is 0 Å². The Morgan fingerprint density at radius 2 is 1.82 bits per heavy atom. The van der Waals surface area contributed by atoms with Crippen LogP contribution in [0.2, 0.25) is 0 Å². The first kappa shape index (κ1) is 15.8. The molecule has 1 aliphatic rings. The summed E-state index contributed by atoms with van der Waals surface area (Å²) in [4.78, 5) is 22.8. The second kappa shape index (κ2) is 7.41. The number of nitrogens with zero attached hydrogens (tertiary/aromatic N) is 1. The molecule has 1 aromatic rings. The van der Waals surface area contributed by atoms with Gasteiger partial charge in [0.05, 0.1) is 5.97 Å². The molecule has 0 atom stereocenters. The van der Waals surface area contributed by atoms with Gasteiger partial charge in [-0.25, -0.2) is 0 Å². The van der Waals surface area contributed by atoms with Gasteiger partial charge in [-0.2, -0.15) is 5.26 Å². The van der Waals surface area contributed by atoms with Crippen molar-refractivity contribution in [1.82, 2.24) is 5.32 Å². The van der Waals surface area contributed by atoms with E-state index in [9.17, 15) is 14.7 Å². The summed E-state index contributed by atoms with van der Waals surface area (Å²) in [6.07, 6.45) is 6.74. The zero-order chi connectivity index (χ0) is 15.9. The van der Waals surface area contributed by atoms with Crippen molar-refractivity contribution in [2.24, 2.45) is 0 Å². The monoisotopic (exact) mass is 297 g/mol.